The number of hydrogen-bond acceptors (Lipinski definition) is 8. The quantitative estimate of drug-likeness (QED) is 0.157. The van der Waals surface area contributed by atoms with Crippen molar-refractivity contribution in [2.75, 3.05) is 26.2 Å². The number of aliphatic hydroxyl groups is 2. The molecule has 5 rings (SSSR count). The molecule has 55 heavy (non-hydrogen) atoms. The van der Waals surface area contributed by atoms with Crippen molar-refractivity contribution in [3.8, 4) is 11.5 Å². The summed E-state index contributed by atoms with van der Waals surface area (Å²) in [5.41, 5.74) is 6.03. The van der Waals surface area contributed by atoms with Gasteiger partial charge in [0, 0.05) is 81.7 Å². The minimum atomic E-state index is -0.167. The Bertz CT molecular complexity index is 1370. The summed E-state index contributed by atoms with van der Waals surface area (Å²) in [7, 11) is 0. The molecule has 0 bridgehead atoms. The van der Waals surface area contributed by atoms with Gasteiger partial charge in [0.1, 0.15) is 11.5 Å². The number of aromatic hydroxyl groups is 2. The molecule has 2 aromatic rings. The molecular formula is C46H76N4O4Ti. The van der Waals surface area contributed by atoms with E-state index in [4.69, 9.17) is 20.2 Å². The van der Waals surface area contributed by atoms with Crippen LogP contribution in [0.4, 0.5) is 0 Å². The first-order valence-corrected chi connectivity index (χ1v) is 20.9. The third-order valence-corrected chi connectivity index (χ3v) is 10.4. The van der Waals surface area contributed by atoms with Gasteiger partial charge < -0.3 is 20.4 Å². The van der Waals surface area contributed by atoms with E-state index in [0.717, 1.165) is 87.2 Å². The number of aliphatic imine (C=N–C) groups is 2. The van der Waals surface area contributed by atoms with E-state index in [1.54, 1.807) is 27.7 Å². The summed E-state index contributed by atoms with van der Waals surface area (Å²) in [6, 6.07) is 8.75. The molecule has 0 radical (unpaired) electrons. The molecule has 2 atom stereocenters. The molecule has 3 fully saturated rings. The van der Waals surface area contributed by atoms with E-state index in [1.165, 1.54) is 49.7 Å². The maximum atomic E-state index is 11.4. The molecule has 8 nitrogen and oxygen atoms in total. The molecular weight excluding hydrogens is 720 g/mol. The van der Waals surface area contributed by atoms with Crippen LogP contribution in [0.5, 0.6) is 11.5 Å². The molecule has 4 N–H and O–H groups in total. The van der Waals surface area contributed by atoms with Crippen LogP contribution in [-0.4, -0.2) is 93.1 Å². The van der Waals surface area contributed by atoms with Crippen molar-refractivity contribution in [3.05, 3.63) is 57.6 Å². The van der Waals surface area contributed by atoms with Crippen molar-refractivity contribution in [2.45, 2.75) is 182 Å². The van der Waals surface area contributed by atoms with Crippen molar-refractivity contribution in [1.82, 2.24) is 9.80 Å². The van der Waals surface area contributed by atoms with Crippen LogP contribution in [0.25, 0.3) is 0 Å². The number of piperidine rings is 2. The third kappa shape index (κ3) is 17.1. The van der Waals surface area contributed by atoms with E-state index in [1.807, 2.05) is 12.4 Å². The number of nitrogens with zero attached hydrogens (tertiary/aromatic N) is 4. The Labute approximate surface area is 349 Å². The number of rotatable bonds is 8. The van der Waals surface area contributed by atoms with Crippen LogP contribution in [0.3, 0.4) is 0 Å². The van der Waals surface area contributed by atoms with Crippen LogP contribution in [0, 0.1) is 0 Å². The number of likely N-dealkylation sites (tertiary alicyclic amines) is 2. The topological polar surface area (TPSA) is 112 Å². The SMILES string of the molecule is CC(C)(C)c1cc(C=N[C@@H]2CCCC[C@H]2N=Cc2cc(C(C)(C)C)cc(CN3CCCCC3)c2O)c(O)c(CN2CCCCC2)c1.CC(C)O.CC(C)O.[Ti]. The van der Waals surface area contributed by atoms with Gasteiger partial charge in [-0.05, 0) is 126 Å². The maximum absolute atomic E-state index is 11.4. The van der Waals surface area contributed by atoms with Crippen LogP contribution in [0.1, 0.15) is 167 Å². The van der Waals surface area contributed by atoms with Gasteiger partial charge in [0.2, 0.25) is 0 Å². The van der Waals surface area contributed by atoms with Gasteiger partial charge in [0.25, 0.3) is 0 Å². The minimum Gasteiger partial charge on any atom is -0.507 e. The molecule has 3 aliphatic rings. The van der Waals surface area contributed by atoms with E-state index in [2.05, 4.69) is 75.6 Å². The number of aliphatic hydroxyl groups excluding tert-OH is 2. The van der Waals surface area contributed by atoms with Crippen LogP contribution in [-0.2, 0) is 45.6 Å². The number of hydrogen-bond donors (Lipinski definition) is 4. The zero-order valence-electron chi connectivity index (χ0n) is 36.2. The number of phenolic OH excluding ortho intramolecular Hbond substituents is 2. The summed E-state index contributed by atoms with van der Waals surface area (Å²) >= 11 is 0. The third-order valence-electron chi connectivity index (χ3n) is 10.4. The summed E-state index contributed by atoms with van der Waals surface area (Å²) in [6.07, 6.45) is 15.2. The van der Waals surface area contributed by atoms with Gasteiger partial charge in [-0.1, -0.05) is 79.4 Å². The molecule has 9 heteroatoms. The molecule has 2 aromatic carbocycles. The largest absolute Gasteiger partial charge is 0.507 e. The van der Waals surface area contributed by atoms with Crippen molar-refractivity contribution in [3.63, 3.8) is 0 Å². The molecule has 2 aliphatic heterocycles. The number of benzene rings is 2. The van der Waals surface area contributed by atoms with Gasteiger partial charge in [0.05, 0.1) is 12.1 Å². The molecule has 1 saturated carbocycles. The van der Waals surface area contributed by atoms with Gasteiger partial charge in [-0.15, -0.1) is 0 Å². The number of phenols is 2. The molecule has 0 amide bonds. The van der Waals surface area contributed by atoms with Gasteiger partial charge in [-0.2, -0.15) is 0 Å². The van der Waals surface area contributed by atoms with Gasteiger partial charge >= 0.3 is 0 Å². The van der Waals surface area contributed by atoms with Crippen LogP contribution in [0.15, 0.2) is 34.3 Å². The van der Waals surface area contributed by atoms with Gasteiger partial charge in [-0.3, -0.25) is 19.8 Å². The second kappa shape index (κ2) is 23.4. The molecule has 1 aliphatic carbocycles. The summed E-state index contributed by atoms with van der Waals surface area (Å²) in [6.45, 7) is 26.2. The predicted molar refractivity (Wildman–Crippen MR) is 228 cm³/mol. The minimum absolute atomic E-state index is 0. The Hall–Kier alpha value is -2.07. The zero-order chi connectivity index (χ0) is 40.1. The molecule has 2 saturated heterocycles. The summed E-state index contributed by atoms with van der Waals surface area (Å²) in [5.74, 6) is 0.728. The van der Waals surface area contributed by atoms with Crippen molar-refractivity contribution in [2.24, 2.45) is 9.98 Å². The normalized spacial score (nSPS) is 20.3. The van der Waals surface area contributed by atoms with E-state index >= 15 is 0 Å². The fraction of sp³-hybridized carbons (Fsp3) is 0.696. The maximum Gasteiger partial charge on any atom is 0.128 e. The Morgan fingerprint density at radius 1 is 0.582 bits per heavy atom. The van der Waals surface area contributed by atoms with Crippen molar-refractivity contribution < 1.29 is 42.1 Å². The van der Waals surface area contributed by atoms with Gasteiger partial charge in [-0.25, -0.2) is 0 Å². The Kier molecular flexibility index (Phi) is 20.9. The van der Waals surface area contributed by atoms with E-state index in [9.17, 15) is 10.2 Å². The van der Waals surface area contributed by atoms with Gasteiger partial charge in [0.15, 0.2) is 0 Å². The fourth-order valence-corrected chi connectivity index (χ4v) is 7.25. The molecule has 0 spiro atoms. The second-order valence-corrected chi connectivity index (χ2v) is 18.5. The Balaban J connectivity index is 0.00000106. The first kappa shape index (κ1) is 49.1. The summed E-state index contributed by atoms with van der Waals surface area (Å²) < 4.78 is 0. The predicted octanol–water partition coefficient (Wildman–Crippen LogP) is 9.29. The fourth-order valence-electron chi connectivity index (χ4n) is 7.25. The first-order chi connectivity index (χ1) is 25.3. The monoisotopic (exact) mass is 797 g/mol. The standard InChI is InChI=1S/C40H60N4O2.2C3H8O.Ti/c1-39(2,3)33-21-29(37(45)31(23-33)27-43-17-11-7-12-18-43)25-41-35-15-9-10-16-36(35)42-26-30-22-34(40(4,5)6)24-32(38(30)46)28-44-19-13-8-14-20-44;2*1-3(2)4;/h21-26,35-36,45-46H,7-20,27-28H2,1-6H3;2*3-4H,1-2H3;/t35-,36-;;;/m1.../s1. The molecule has 0 unspecified atom stereocenters. The molecule has 308 valence electrons. The van der Waals surface area contributed by atoms with Crippen LogP contribution < -0.4 is 0 Å². The van der Waals surface area contributed by atoms with Crippen LogP contribution >= 0.6 is 0 Å². The van der Waals surface area contributed by atoms with E-state index in [-0.39, 0.29) is 56.8 Å². The average Bonchev–Trinajstić information content (AvgIpc) is 3.09. The Morgan fingerprint density at radius 2 is 0.891 bits per heavy atom. The summed E-state index contributed by atoms with van der Waals surface area (Å²) in [4.78, 5) is 15.2. The van der Waals surface area contributed by atoms with Crippen molar-refractivity contribution >= 4 is 12.4 Å². The van der Waals surface area contributed by atoms with E-state index < -0.39 is 0 Å². The van der Waals surface area contributed by atoms with E-state index in [0.29, 0.717) is 11.5 Å². The van der Waals surface area contributed by atoms with Crippen molar-refractivity contribution in [1.29, 1.82) is 0 Å². The molecule has 0 aromatic heterocycles. The smallest absolute Gasteiger partial charge is 0.128 e. The molecule has 2 heterocycles. The first-order valence-electron chi connectivity index (χ1n) is 20.9. The zero-order valence-corrected chi connectivity index (χ0v) is 37.7. The summed E-state index contributed by atoms with van der Waals surface area (Å²) in [5, 5.41) is 39.0. The Morgan fingerprint density at radius 3 is 1.18 bits per heavy atom. The average molecular weight is 797 g/mol. The second-order valence-electron chi connectivity index (χ2n) is 18.5. The van der Waals surface area contributed by atoms with Crippen LogP contribution in [0.2, 0.25) is 0 Å².